The van der Waals surface area contributed by atoms with Crippen LogP contribution in [0.5, 0.6) is 0 Å². The average Bonchev–Trinajstić information content (AvgIpc) is 2.25. The summed E-state index contributed by atoms with van der Waals surface area (Å²) < 4.78 is 19.3. The van der Waals surface area contributed by atoms with Gasteiger partial charge in [0.25, 0.3) is 0 Å². The molecule has 1 unspecified atom stereocenters. The van der Waals surface area contributed by atoms with Crippen molar-refractivity contribution in [3.8, 4) is 0 Å². The fourth-order valence-corrected chi connectivity index (χ4v) is 4.28. The van der Waals surface area contributed by atoms with Crippen LogP contribution in [0.15, 0.2) is 24.3 Å². The Morgan fingerprint density at radius 2 is 2.17 bits per heavy atom. The Balaban J connectivity index is 2.58. The minimum atomic E-state index is -2.80. The minimum absolute atomic E-state index is 0.657. The summed E-state index contributed by atoms with van der Waals surface area (Å²) in [6, 6.07) is 7.42. The first-order valence-corrected chi connectivity index (χ1v) is 6.40. The molecule has 1 heterocycles. The van der Waals surface area contributed by atoms with E-state index in [-0.39, 0.29) is 0 Å². The Morgan fingerprint density at radius 3 is 2.83 bits per heavy atom. The van der Waals surface area contributed by atoms with Gasteiger partial charge in [-0.2, -0.15) is 0 Å². The van der Waals surface area contributed by atoms with Crippen molar-refractivity contribution in [2.75, 3.05) is 0 Å². The molecule has 1 aliphatic rings. The van der Waals surface area contributed by atoms with E-state index in [0.29, 0.717) is 0 Å². The van der Waals surface area contributed by atoms with E-state index in [2.05, 4.69) is 6.92 Å². The molecule has 0 N–H and O–H groups in total. The Bertz CT molecular complexity index is 311. The Morgan fingerprint density at radius 1 is 1.50 bits per heavy atom. The summed E-state index contributed by atoms with van der Waals surface area (Å²) in [5, 5.41) is 0. The molecule has 64 valence electrons. The van der Waals surface area contributed by atoms with Crippen LogP contribution in [0.1, 0.15) is 12.5 Å². The molecule has 0 spiro atoms. The number of hydrogen-bond acceptors (Lipinski definition) is 1. The zero-order valence-corrected chi connectivity index (χ0v) is 8.84. The van der Waals surface area contributed by atoms with Gasteiger partial charge in [0.1, 0.15) is 0 Å². The van der Waals surface area contributed by atoms with Crippen LogP contribution < -0.4 is 0 Å². The molecule has 1 atom stereocenters. The number of benzene rings is 1. The van der Waals surface area contributed by atoms with Gasteiger partial charge in [0, 0.05) is 0 Å². The van der Waals surface area contributed by atoms with Gasteiger partial charge in [0.05, 0.1) is 0 Å². The van der Waals surface area contributed by atoms with E-state index in [1.54, 1.807) is 6.07 Å². The fraction of sp³-hybridized carbons (Fsp3) is 0.222. The Labute approximate surface area is 79.6 Å². The standard InChI is InChI=1S/C9H9FIO/c1-9(2)7-5-3-4-6-8(7)11(10)12-9/h3-6H,1H2,2H3/q+1. The number of fused-ring (bicyclic) bond motifs is 1. The fourth-order valence-electron chi connectivity index (χ4n) is 1.25. The third-order valence-electron chi connectivity index (χ3n) is 1.84. The molecule has 0 aromatic heterocycles. The second-order valence-electron chi connectivity index (χ2n) is 2.99. The quantitative estimate of drug-likeness (QED) is 0.523. The van der Waals surface area contributed by atoms with Crippen molar-refractivity contribution in [2.45, 2.75) is 12.5 Å². The van der Waals surface area contributed by atoms with E-state index in [1.807, 2.05) is 25.1 Å². The molecule has 1 aromatic carbocycles. The molecule has 0 saturated carbocycles. The van der Waals surface area contributed by atoms with Gasteiger partial charge in [0.15, 0.2) is 0 Å². The predicted octanol–water partition coefficient (Wildman–Crippen LogP) is 3.24. The van der Waals surface area contributed by atoms with Crippen LogP contribution in [0.2, 0.25) is 0 Å². The molecule has 0 fully saturated rings. The molecule has 1 aliphatic heterocycles. The first-order chi connectivity index (χ1) is 5.61. The molecular weight excluding hydrogens is 270 g/mol. The zero-order chi connectivity index (χ0) is 8.77. The van der Waals surface area contributed by atoms with Gasteiger partial charge >= 0.3 is 79.6 Å². The van der Waals surface area contributed by atoms with E-state index in [9.17, 15) is 2.86 Å². The molecular formula is C9H9FIO+. The molecule has 0 radical (unpaired) electrons. The summed E-state index contributed by atoms with van der Waals surface area (Å²) in [5.41, 5.74) is 0.258. The summed E-state index contributed by atoms with van der Waals surface area (Å²) >= 11 is -2.80. The molecule has 0 amide bonds. The normalized spacial score (nSPS) is 30.3. The van der Waals surface area contributed by atoms with E-state index in [1.165, 1.54) is 0 Å². The molecule has 1 nitrogen and oxygen atoms in total. The average molecular weight is 279 g/mol. The maximum absolute atomic E-state index is 13.3. The molecule has 0 saturated heterocycles. The summed E-state index contributed by atoms with van der Waals surface area (Å²) in [5.74, 6) is 0. The first-order valence-electron chi connectivity index (χ1n) is 3.62. The Hall–Kier alpha value is -0.290. The van der Waals surface area contributed by atoms with E-state index < -0.39 is 26.4 Å². The van der Waals surface area contributed by atoms with Gasteiger partial charge in [-0.15, -0.1) is 0 Å². The number of halogens is 2. The van der Waals surface area contributed by atoms with Gasteiger partial charge in [0.2, 0.25) is 0 Å². The van der Waals surface area contributed by atoms with E-state index >= 15 is 0 Å². The summed E-state index contributed by atoms with van der Waals surface area (Å²) in [4.78, 5) is 0. The van der Waals surface area contributed by atoms with Crippen LogP contribution >= 0.6 is 20.8 Å². The SMILES string of the molecule is [CH2+]C1(C)OI(F)c2ccccc21. The van der Waals surface area contributed by atoms with Crippen LogP contribution in [0.4, 0.5) is 2.86 Å². The topological polar surface area (TPSA) is 9.23 Å². The molecule has 2 rings (SSSR count). The summed E-state index contributed by atoms with van der Waals surface area (Å²) in [6.07, 6.45) is 0. The third kappa shape index (κ3) is 1.11. The van der Waals surface area contributed by atoms with Gasteiger partial charge in [-0.3, -0.25) is 0 Å². The monoisotopic (exact) mass is 279 g/mol. The van der Waals surface area contributed by atoms with Crippen LogP contribution in [0, 0.1) is 10.5 Å². The molecule has 0 bridgehead atoms. The first kappa shape index (κ1) is 8.31. The molecule has 3 heteroatoms. The number of hydrogen-bond donors (Lipinski definition) is 0. The zero-order valence-electron chi connectivity index (χ0n) is 6.68. The van der Waals surface area contributed by atoms with Crippen LogP contribution in [-0.2, 0) is 8.67 Å². The second-order valence-corrected chi connectivity index (χ2v) is 5.78. The van der Waals surface area contributed by atoms with Gasteiger partial charge < -0.3 is 0 Å². The van der Waals surface area contributed by atoms with Gasteiger partial charge in [-0.25, -0.2) is 0 Å². The third-order valence-corrected chi connectivity index (χ3v) is 5.05. The van der Waals surface area contributed by atoms with Crippen molar-refractivity contribution in [1.82, 2.24) is 0 Å². The van der Waals surface area contributed by atoms with Crippen molar-refractivity contribution < 1.29 is 5.93 Å². The van der Waals surface area contributed by atoms with Crippen LogP contribution in [0.3, 0.4) is 0 Å². The molecule has 12 heavy (non-hydrogen) atoms. The Kier molecular flexibility index (Phi) is 1.80. The van der Waals surface area contributed by atoms with Crippen molar-refractivity contribution in [1.29, 1.82) is 0 Å². The van der Waals surface area contributed by atoms with Crippen molar-refractivity contribution >= 4 is 20.8 Å². The molecule has 1 aromatic rings. The van der Waals surface area contributed by atoms with Crippen molar-refractivity contribution in [2.24, 2.45) is 0 Å². The van der Waals surface area contributed by atoms with Crippen LogP contribution in [-0.4, -0.2) is 0 Å². The summed E-state index contributed by atoms with van der Waals surface area (Å²) in [6.45, 7) is 5.65. The van der Waals surface area contributed by atoms with E-state index in [4.69, 9.17) is 3.07 Å². The molecule has 0 aliphatic carbocycles. The maximum atomic E-state index is 13.3. The second kappa shape index (κ2) is 2.60. The summed E-state index contributed by atoms with van der Waals surface area (Å²) in [7, 11) is 0. The van der Waals surface area contributed by atoms with Crippen LogP contribution in [0.25, 0.3) is 0 Å². The van der Waals surface area contributed by atoms with Gasteiger partial charge in [-0.1, -0.05) is 0 Å². The van der Waals surface area contributed by atoms with E-state index in [0.717, 1.165) is 9.13 Å². The van der Waals surface area contributed by atoms with Gasteiger partial charge in [-0.05, 0) is 0 Å². The number of rotatable bonds is 0. The predicted molar refractivity (Wildman–Crippen MR) is 54.1 cm³/mol. The van der Waals surface area contributed by atoms with Crippen molar-refractivity contribution in [3.63, 3.8) is 0 Å². The van der Waals surface area contributed by atoms with Crippen molar-refractivity contribution in [3.05, 3.63) is 40.3 Å².